The maximum Gasteiger partial charge on any atom is 0.338 e. The van der Waals surface area contributed by atoms with E-state index in [-0.39, 0.29) is 11.6 Å². The fourth-order valence-electron chi connectivity index (χ4n) is 1.52. The quantitative estimate of drug-likeness (QED) is 0.603. The van der Waals surface area contributed by atoms with Crippen molar-refractivity contribution in [2.75, 3.05) is 11.9 Å². The minimum absolute atomic E-state index is 0.117. The summed E-state index contributed by atoms with van der Waals surface area (Å²) in [6.45, 7) is 3.98. The number of nitrogens with zero attached hydrogens (tertiary/aromatic N) is 2. The highest BCUT2D eigenvalue weighted by molar-refractivity contribution is 5.98. The van der Waals surface area contributed by atoms with Gasteiger partial charge >= 0.3 is 5.97 Å². The van der Waals surface area contributed by atoms with E-state index in [9.17, 15) is 25.0 Å². The topological polar surface area (TPSA) is 136 Å². The molecule has 0 radical (unpaired) electrons. The summed E-state index contributed by atoms with van der Waals surface area (Å²) in [5, 5.41) is 33.4. The van der Waals surface area contributed by atoms with Crippen LogP contribution in [0.1, 0.15) is 24.2 Å². The first-order chi connectivity index (χ1) is 9.23. The molecule has 2 N–H and O–H groups in total. The maximum atomic E-state index is 11.1. The largest absolute Gasteiger partial charge is 0.478 e. The molecule has 0 bridgehead atoms. The minimum atomic E-state index is -1.47. The van der Waals surface area contributed by atoms with Crippen LogP contribution in [0.4, 0.5) is 17.1 Å². The van der Waals surface area contributed by atoms with E-state index in [1.165, 1.54) is 0 Å². The Morgan fingerprint density at radius 1 is 1.30 bits per heavy atom. The van der Waals surface area contributed by atoms with E-state index in [4.69, 9.17) is 5.11 Å². The Morgan fingerprint density at radius 2 is 1.90 bits per heavy atom. The second-order valence-corrected chi connectivity index (χ2v) is 4.48. The van der Waals surface area contributed by atoms with Gasteiger partial charge in [0.15, 0.2) is 0 Å². The summed E-state index contributed by atoms with van der Waals surface area (Å²) in [5.41, 5.74) is -1.98. The van der Waals surface area contributed by atoms with Gasteiger partial charge in [0.25, 0.3) is 11.4 Å². The van der Waals surface area contributed by atoms with Gasteiger partial charge < -0.3 is 10.4 Å². The van der Waals surface area contributed by atoms with Gasteiger partial charge in [0.2, 0.25) is 0 Å². The van der Waals surface area contributed by atoms with Crippen LogP contribution in [-0.4, -0.2) is 27.5 Å². The van der Waals surface area contributed by atoms with E-state index in [1.807, 2.05) is 13.8 Å². The van der Waals surface area contributed by atoms with Crippen LogP contribution in [0.2, 0.25) is 0 Å². The maximum absolute atomic E-state index is 11.1. The van der Waals surface area contributed by atoms with Gasteiger partial charge in [0, 0.05) is 12.6 Å². The van der Waals surface area contributed by atoms with Gasteiger partial charge in [-0.15, -0.1) is 0 Å². The lowest BCUT2D eigenvalue weighted by Crippen LogP contribution is -2.14. The number of aromatic carboxylic acids is 1. The summed E-state index contributed by atoms with van der Waals surface area (Å²) in [5.74, 6) is -1.35. The van der Waals surface area contributed by atoms with Gasteiger partial charge in [-0.2, -0.15) is 0 Å². The Labute approximate surface area is 113 Å². The normalized spacial score (nSPS) is 10.3. The van der Waals surface area contributed by atoms with Crippen molar-refractivity contribution in [3.05, 3.63) is 37.9 Å². The molecule has 0 fully saturated rings. The van der Waals surface area contributed by atoms with Crippen molar-refractivity contribution in [2.24, 2.45) is 5.92 Å². The molecule has 1 aromatic rings. The monoisotopic (exact) mass is 283 g/mol. The van der Waals surface area contributed by atoms with Crippen molar-refractivity contribution < 1.29 is 19.7 Å². The number of nitro benzene ring substituents is 2. The molecular weight excluding hydrogens is 270 g/mol. The first-order valence-electron chi connectivity index (χ1n) is 5.68. The molecule has 0 unspecified atom stereocenters. The van der Waals surface area contributed by atoms with E-state index in [0.29, 0.717) is 6.54 Å². The lowest BCUT2D eigenvalue weighted by Gasteiger charge is -2.11. The molecule has 0 aliphatic rings. The van der Waals surface area contributed by atoms with Crippen LogP contribution in [-0.2, 0) is 0 Å². The number of rotatable bonds is 6. The van der Waals surface area contributed by atoms with Crippen molar-refractivity contribution in [2.45, 2.75) is 13.8 Å². The smallest absolute Gasteiger partial charge is 0.338 e. The Morgan fingerprint density at radius 3 is 2.30 bits per heavy atom. The number of nitro groups is 2. The van der Waals surface area contributed by atoms with Crippen LogP contribution in [0.5, 0.6) is 0 Å². The molecule has 1 aromatic carbocycles. The van der Waals surface area contributed by atoms with E-state index in [1.54, 1.807) is 0 Å². The molecule has 0 aromatic heterocycles. The molecule has 9 heteroatoms. The lowest BCUT2D eigenvalue weighted by atomic mass is 10.1. The van der Waals surface area contributed by atoms with Crippen LogP contribution in [0.15, 0.2) is 12.1 Å². The lowest BCUT2D eigenvalue weighted by molar-refractivity contribution is -0.393. The van der Waals surface area contributed by atoms with Gasteiger partial charge in [-0.05, 0) is 5.92 Å². The van der Waals surface area contributed by atoms with Gasteiger partial charge in [0.05, 0.1) is 21.5 Å². The molecule has 0 saturated carbocycles. The third-order valence-corrected chi connectivity index (χ3v) is 2.43. The number of benzene rings is 1. The van der Waals surface area contributed by atoms with E-state index in [0.717, 1.165) is 12.1 Å². The zero-order valence-corrected chi connectivity index (χ0v) is 10.8. The van der Waals surface area contributed by atoms with Crippen LogP contribution >= 0.6 is 0 Å². The number of nitrogens with one attached hydrogen (secondary N) is 1. The number of hydrogen-bond donors (Lipinski definition) is 2. The summed E-state index contributed by atoms with van der Waals surface area (Å²) < 4.78 is 0. The summed E-state index contributed by atoms with van der Waals surface area (Å²) in [6.07, 6.45) is 0. The summed E-state index contributed by atoms with van der Waals surface area (Å²) in [4.78, 5) is 31.1. The van der Waals surface area contributed by atoms with E-state index >= 15 is 0 Å². The average Bonchev–Trinajstić information content (AvgIpc) is 2.34. The second kappa shape index (κ2) is 5.95. The molecule has 0 atom stereocenters. The number of anilines is 1. The Hall–Kier alpha value is -2.71. The third-order valence-electron chi connectivity index (χ3n) is 2.43. The number of carbonyl (C=O) groups is 1. The summed E-state index contributed by atoms with van der Waals surface area (Å²) in [7, 11) is 0. The molecule has 0 heterocycles. The molecule has 20 heavy (non-hydrogen) atoms. The Bertz CT molecular complexity index is 534. The van der Waals surface area contributed by atoms with Crippen molar-refractivity contribution in [3.63, 3.8) is 0 Å². The second-order valence-electron chi connectivity index (χ2n) is 4.48. The van der Waals surface area contributed by atoms with Crippen molar-refractivity contribution >= 4 is 23.0 Å². The molecule has 1 rings (SSSR count). The van der Waals surface area contributed by atoms with Crippen molar-refractivity contribution in [1.29, 1.82) is 0 Å². The number of hydrogen-bond acceptors (Lipinski definition) is 6. The number of carboxylic acid groups (broad SMARTS) is 1. The zero-order valence-electron chi connectivity index (χ0n) is 10.8. The Kier molecular flexibility index (Phi) is 4.57. The van der Waals surface area contributed by atoms with Gasteiger partial charge in [-0.25, -0.2) is 4.79 Å². The molecule has 0 spiro atoms. The first-order valence-corrected chi connectivity index (χ1v) is 5.68. The van der Waals surface area contributed by atoms with Gasteiger partial charge in [-0.3, -0.25) is 20.2 Å². The molecule has 0 amide bonds. The van der Waals surface area contributed by atoms with Crippen molar-refractivity contribution in [1.82, 2.24) is 0 Å². The van der Waals surface area contributed by atoms with E-state index < -0.39 is 32.8 Å². The first kappa shape index (κ1) is 15.3. The van der Waals surface area contributed by atoms with E-state index in [2.05, 4.69) is 5.32 Å². The summed E-state index contributed by atoms with van der Waals surface area (Å²) in [6, 6.07) is 1.55. The van der Waals surface area contributed by atoms with Crippen LogP contribution in [0.25, 0.3) is 0 Å². The standard InChI is InChI=1S/C11H13N3O6/c1-6(2)5-12-10-8(11(15)16)3-7(13(17)18)4-9(10)14(19)20/h3-4,6,12H,5H2,1-2H3,(H,15,16). The van der Waals surface area contributed by atoms with Crippen LogP contribution < -0.4 is 5.32 Å². The van der Waals surface area contributed by atoms with Gasteiger partial charge in [-0.1, -0.05) is 13.8 Å². The predicted octanol–water partition coefficient (Wildman–Crippen LogP) is 2.27. The summed E-state index contributed by atoms with van der Waals surface area (Å²) >= 11 is 0. The van der Waals surface area contributed by atoms with Gasteiger partial charge in [0.1, 0.15) is 5.69 Å². The highest BCUT2D eigenvalue weighted by Gasteiger charge is 2.27. The molecule has 0 aliphatic carbocycles. The predicted molar refractivity (Wildman–Crippen MR) is 70.0 cm³/mol. The Balaban J connectivity index is 3.46. The molecule has 108 valence electrons. The molecule has 0 aliphatic heterocycles. The fourth-order valence-corrected chi connectivity index (χ4v) is 1.52. The van der Waals surface area contributed by atoms with Crippen LogP contribution in [0, 0.1) is 26.1 Å². The molecule has 9 nitrogen and oxygen atoms in total. The minimum Gasteiger partial charge on any atom is -0.478 e. The number of carboxylic acids is 1. The zero-order chi connectivity index (χ0) is 15.4. The third kappa shape index (κ3) is 3.40. The van der Waals surface area contributed by atoms with Crippen LogP contribution in [0.3, 0.4) is 0 Å². The average molecular weight is 283 g/mol. The fraction of sp³-hybridized carbons (Fsp3) is 0.364. The van der Waals surface area contributed by atoms with Crippen molar-refractivity contribution in [3.8, 4) is 0 Å². The highest BCUT2D eigenvalue weighted by atomic mass is 16.6. The molecule has 0 saturated heterocycles. The number of non-ortho nitro benzene ring substituents is 1. The SMILES string of the molecule is CC(C)CNc1c(C(=O)O)cc([N+](=O)[O-])cc1[N+](=O)[O-]. The highest BCUT2D eigenvalue weighted by Crippen LogP contribution is 2.33. The molecular formula is C11H13N3O6.